The van der Waals surface area contributed by atoms with Crippen LogP contribution in [-0.4, -0.2) is 35.1 Å². The number of alkyl halides is 3. The summed E-state index contributed by atoms with van der Waals surface area (Å²) in [5.41, 5.74) is 1.59. The maximum absolute atomic E-state index is 13.0. The first-order valence-corrected chi connectivity index (χ1v) is 13.9. The highest BCUT2D eigenvalue weighted by atomic mass is 79.9. The van der Waals surface area contributed by atoms with Crippen LogP contribution in [-0.2, 0) is 22.4 Å². The van der Waals surface area contributed by atoms with Crippen LogP contribution < -0.4 is 14.8 Å². The lowest BCUT2D eigenvalue weighted by atomic mass is 10.1. The van der Waals surface area contributed by atoms with E-state index in [4.69, 9.17) is 9.47 Å². The third kappa shape index (κ3) is 7.70. The van der Waals surface area contributed by atoms with E-state index in [9.17, 15) is 27.6 Å². The Labute approximate surface area is 246 Å². The number of carbonyl (C=O) groups is 3. The van der Waals surface area contributed by atoms with Crippen LogP contribution in [0.4, 0.5) is 23.7 Å². The number of nitrogens with one attached hydrogen (secondary N) is 1. The van der Waals surface area contributed by atoms with E-state index in [1.54, 1.807) is 12.1 Å². The molecular formula is C29H24BrF3N2O5S. The van der Waals surface area contributed by atoms with Gasteiger partial charge in [0.15, 0.2) is 11.5 Å². The van der Waals surface area contributed by atoms with E-state index < -0.39 is 35.3 Å². The van der Waals surface area contributed by atoms with Gasteiger partial charge in [-0.15, -0.1) is 0 Å². The molecule has 7 nitrogen and oxygen atoms in total. The summed E-state index contributed by atoms with van der Waals surface area (Å²) in [6.07, 6.45) is -3.09. The van der Waals surface area contributed by atoms with Crippen LogP contribution in [0.1, 0.15) is 29.2 Å². The quantitative estimate of drug-likeness (QED) is 0.243. The second kappa shape index (κ2) is 12.8. The SMILES string of the molecule is CCOc1cc(/C=C2\SC(=O)N(CC(=O)Nc3cccc(C(F)(F)F)c3)C2=O)cc(Br)c1OCc1cccc(C)c1. The van der Waals surface area contributed by atoms with E-state index in [1.807, 2.05) is 38.1 Å². The Hall–Kier alpha value is -3.77. The van der Waals surface area contributed by atoms with Crippen molar-refractivity contribution in [2.24, 2.45) is 0 Å². The van der Waals surface area contributed by atoms with Crippen molar-refractivity contribution >= 4 is 56.5 Å². The molecule has 3 aromatic rings. The number of carbonyl (C=O) groups excluding carboxylic acids is 3. The lowest BCUT2D eigenvalue weighted by molar-refractivity contribution is -0.137. The summed E-state index contributed by atoms with van der Waals surface area (Å²) in [7, 11) is 0. The van der Waals surface area contributed by atoms with Gasteiger partial charge in [-0.05, 0) is 89.1 Å². The van der Waals surface area contributed by atoms with Gasteiger partial charge in [-0.1, -0.05) is 35.9 Å². The van der Waals surface area contributed by atoms with Crippen molar-refractivity contribution in [1.82, 2.24) is 4.90 Å². The van der Waals surface area contributed by atoms with Crippen molar-refractivity contribution in [3.05, 3.63) is 92.3 Å². The molecule has 0 saturated carbocycles. The van der Waals surface area contributed by atoms with Crippen molar-refractivity contribution in [3.8, 4) is 11.5 Å². The molecule has 1 aliphatic heterocycles. The standard InChI is InChI=1S/C29H24BrF3N2O5S/c1-3-39-23-12-19(11-22(30)26(23)40-16-18-7-4-6-17(2)10-18)13-24-27(37)35(28(38)41-24)15-25(36)34-21-9-5-8-20(14-21)29(31,32)33/h4-14H,3,15-16H2,1-2H3,(H,34,36)/b24-13-. The van der Waals surface area contributed by atoms with Gasteiger partial charge in [0, 0.05) is 5.69 Å². The number of imide groups is 1. The second-order valence-corrected chi connectivity index (χ2v) is 10.8. The third-order valence-corrected chi connectivity index (χ3v) is 7.24. The van der Waals surface area contributed by atoms with Crippen LogP contribution in [0.25, 0.3) is 6.08 Å². The molecule has 0 radical (unpaired) electrons. The van der Waals surface area contributed by atoms with Crippen molar-refractivity contribution in [2.45, 2.75) is 26.6 Å². The fourth-order valence-electron chi connectivity index (χ4n) is 3.94. The number of amides is 3. The molecule has 0 bridgehead atoms. The summed E-state index contributed by atoms with van der Waals surface area (Å²) in [5.74, 6) is -0.609. The van der Waals surface area contributed by atoms with Gasteiger partial charge in [0.05, 0.1) is 21.5 Å². The molecule has 4 rings (SSSR count). The van der Waals surface area contributed by atoms with Gasteiger partial charge in [0.25, 0.3) is 11.1 Å². The predicted octanol–water partition coefficient (Wildman–Crippen LogP) is 7.43. The van der Waals surface area contributed by atoms with E-state index >= 15 is 0 Å². The normalized spacial score (nSPS) is 14.5. The zero-order valence-electron chi connectivity index (χ0n) is 21.9. The van der Waals surface area contributed by atoms with Gasteiger partial charge >= 0.3 is 6.18 Å². The molecule has 41 heavy (non-hydrogen) atoms. The molecule has 0 unspecified atom stereocenters. The Kier molecular flexibility index (Phi) is 9.44. The number of hydrogen-bond donors (Lipinski definition) is 1. The average Bonchev–Trinajstić information content (AvgIpc) is 3.15. The Morgan fingerprint density at radius 1 is 1.07 bits per heavy atom. The largest absolute Gasteiger partial charge is 0.490 e. The lowest BCUT2D eigenvalue weighted by Gasteiger charge is -2.15. The van der Waals surface area contributed by atoms with Crippen molar-refractivity contribution in [2.75, 3.05) is 18.5 Å². The second-order valence-electron chi connectivity index (χ2n) is 8.94. The van der Waals surface area contributed by atoms with Crippen LogP contribution in [0.5, 0.6) is 11.5 Å². The van der Waals surface area contributed by atoms with Gasteiger partial charge < -0.3 is 14.8 Å². The number of hydrogen-bond acceptors (Lipinski definition) is 6. The molecule has 3 amide bonds. The lowest BCUT2D eigenvalue weighted by Crippen LogP contribution is -2.36. The maximum atomic E-state index is 13.0. The molecular weight excluding hydrogens is 625 g/mol. The summed E-state index contributed by atoms with van der Waals surface area (Å²) in [5, 5.41) is 1.62. The molecule has 1 saturated heterocycles. The summed E-state index contributed by atoms with van der Waals surface area (Å²) >= 11 is 4.15. The summed E-state index contributed by atoms with van der Waals surface area (Å²) in [4.78, 5) is 38.8. The van der Waals surface area contributed by atoms with Crippen LogP contribution in [0.15, 0.2) is 70.0 Å². The van der Waals surface area contributed by atoms with Gasteiger partial charge in [0.2, 0.25) is 5.91 Å². The average molecular weight is 649 g/mol. The van der Waals surface area contributed by atoms with Gasteiger partial charge in [-0.2, -0.15) is 13.2 Å². The van der Waals surface area contributed by atoms with E-state index in [-0.39, 0.29) is 10.6 Å². The first kappa shape index (κ1) is 30.2. The minimum Gasteiger partial charge on any atom is -0.490 e. The number of nitrogens with zero attached hydrogens (tertiary/aromatic N) is 1. The van der Waals surface area contributed by atoms with Crippen molar-refractivity contribution < 1.29 is 37.0 Å². The van der Waals surface area contributed by atoms with Gasteiger partial charge in [-0.3, -0.25) is 19.3 Å². The number of benzene rings is 3. The van der Waals surface area contributed by atoms with E-state index in [0.29, 0.717) is 46.5 Å². The molecule has 1 N–H and O–H groups in total. The molecule has 0 aliphatic carbocycles. The first-order valence-electron chi connectivity index (χ1n) is 12.3. The number of halogens is 4. The van der Waals surface area contributed by atoms with Crippen LogP contribution in [0.2, 0.25) is 0 Å². The Bertz CT molecular complexity index is 1530. The number of rotatable bonds is 9. The van der Waals surface area contributed by atoms with E-state index in [0.717, 1.165) is 34.2 Å². The summed E-state index contributed by atoms with van der Waals surface area (Å²) in [6.45, 7) is 3.82. The molecule has 214 valence electrons. The highest BCUT2D eigenvalue weighted by Crippen LogP contribution is 2.40. The molecule has 1 fully saturated rings. The highest BCUT2D eigenvalue weighted by molar-refractivity contribution is 9.10. The van der Waals surface area contributed by atoms with Gasteiger partial charge in [0.1, 0.15) is 13.2 Å². The Morgan fingerprint density at radius 2 is 1.83 bits per heavy atom. The molecule has 0 atom stereocenters. The summed E-state index contributed by atoms with van der Waals surface area (Å²) < 4.78 is 51.2. The van der Waals surface area contributed by atoms with E-state index in [1.165, 1.54) is 12.1 Å². The first-order chi connectivity index (χ1) is 19.4. The predicted molar refractivity (Wildman–Crippen MR) is 154 cm³/mol. The van der Waals surface area contributed by atoms with Crippen LogP contribution >= 0.6 is 27.7 Å². The molecule has 12 heteroatoms. The zero-order chi connectivity index (χ0) is 29.7. The molecule has 1 heterocycles. The third-order valence-electron chi connectivity index (χ3n) is 5.74. The fourth-order valence-corrected chi connectivity index (χ4v) is 5.35. The number of ether oxygens (including phenoxy) is 2. The van der Waals surface area contributed by atoms with Crippen molar-refractivity contribution in [1.29, 1.82) is 0 Å². The van der Waals surface area contributed by atoms with Crippen LogP contribution in [0.3, 0.4) is 0 Å². The highest BCUT2D eigenvalue weighted by Gasteiger charge is 2.36. The topological polar surface area (TPSA) is 84.9 Å². The minimum absolute atomic E-state index is 0.0737. The summed E-state index contributed by atoms with van der Waals surface area (Å²) in [6, 6.07) is 15.4. The molecule has 1 aliphatic rings. The molecule has 3 aromatic carbocycles. The molecule has 0 spiro atoms. The van der Waals surface area contributed by atoms with Crippen molar-refractivity contribution in [3.63, 3.8) is 0 Å². The number of aryl methyl sites for hydroxylation is 1. The van der Waals surface area contributed by atoms with Gasteiger partial charge in [-0.25, -0.2) is 0 Å². The smallest absolute Gasteiger partial charge is 0.416 e. The minimum atomic E-state index is -4.58. The Balaban J connectivity index is 1.48. The van der Waals surface area contributed by atoms with E-state index in [2.05, 4.69) is 21.2 Å². The zero-order valence-corrected chi connectivity index (χ0v) is 24.3. The number of thioether (sulfide) groups is 1. The monoisotopic (exact) mass is 648 g/mol. The Morgan fingerprint density at radius 3 is 2.54 bits per heavy atom. The van der Waals surface area contributed by atoms with Crippen LogP contribution in [0, 0.1) is 6.92 Å². The molecule has 0 aromatic heterocycles. The number of anilines is 1. The maximum Gasteiger partial charge on any atom is 0.416 e. The fraction of sp³-hybridized carbons (Fsp3) is 0.207.